The van der Waals surface area contributed by atoms with Crippen LogP contribution in [0.5, 0.6) is 5.75 Å². The number of ether oxygens (including phenoxy) is 2. The molecule has 2 aliphatic rings. The van der Waals surface area contributed by atoms with Crippen LogP contribution >= 0.6 is 0 Å². The van der Waals surface area contributed by atoms with Crippen molar-refractivity contribution < 1.29 is 23.4 Å². The van der Waals surface area contributed by atoms with Crippen molar-refractivity contribution in [1.82, 2.24) is 9.47 Å². The minimum absolute atomic E-state index is 0.102. The van der Waals surface area contributed by atoms with Crippen molar-refractivity contribution in [3.8, 4) is 5.75 Å². The number of benzene rings is 1. The van der Waals surface area contributed by atoms with Crippen molar-refractivity contribution in [3.05, 3.63) is 30.5 Å². The fraction of sp³-hybridized carbons (Fsp3) is 0.619. The molecule has 0 unspecified atom stereocenters. The van der Waals surface area contributed by atoms with E-state index in [0.29, 0.717) is 32.6 Å². The van der Waals surface area contributed by atoms with E-state index in [1.54, 1.807) is 10.8 Å². The summed E-state index contributed by atoms with van der Waals surface area (Å²) in [7, 11) is 0. The zero-order valence-electron chi connectivity index (χ0n) is 16.0. The van der Waals surface area contributed by atoms with Gasteiger partial charge in [0.15, 0.2) is 0 Å². The molecule has 2 aromatic rings. The highest BCUT2D eigenvalue weighted by Crippen LogP contribution is 2.30. The second-order valence-corrected chi connectivity index (χ2v) is 7.98. The van der Waals surface area contributed by atoms with Gasteiger partial charge in [0.2, 0.25) is 0 Å². The molecule has 1 aromatic carbocycles. The molecule has 5 nitrogen and oxygen atoms in total. The van der Waals surface area contributed by atoms with Crippen LogP contribution in [0.1, 0.15) is 25.7 Å². The maximum Gasteiger partial charge on any atom is 0.256 e. The molecule has 0 bridgehead atoms. The Bertz CT molecular complexity index is 781. The lowest BCUT2D eigenvalue weighted by Gasteiger charge is -2.39. The Hall–Kier alpha value is -1.70. The van der Waals surface area contributed by atoms with E-state index in [2.05, 4.69) is 4.90 Å². The first-order chi connectivity index (χ1) is 13.5. The average molecular weight is 394 g/mol. The van der Waals surface area contributed by atoms with Crippen LogP contribution in [0.4, 0.5) is 8.78 Å². The fourth-order valence-electron chi connectivity index (χ4n) is 4.30. The van der Waals surface area contributed by atoms with Crippen LogP contribution in [0.3, 0.4) is 0 Å². The van der Waals surface area contributed by atoms with E-state index in [9.17, 15) is 13.9 Å². The number of hydrogen-bond acceptors (Lipinski definition) is 4. The summed E-state index contributed by atoms with van der Waals surface area (Å²) in [4.78, 5) is 2.31. The maximum atomic E-state index is 12.7. The summed E-state index contributed by atoms with van der Waals surface area (Å²) in [5, 5.41) is 11.6. The molecule has 2 fully saturated rings. The quantitative estimate of drug-likeness (QED) is 0.817. The van der Waals surface area contributed by atoms with Crippen LogP contribution < -0.4 is 4.74 Å². The first-order valence-corrected chi connectivity index (χ1v) is 10.1. The smallest absolute Gasteiger partial charge is 0.256 e. The molecule has 3 heterocycles. The lowest BCUT2D eigenvalue weighted by atomic mass is 9.92. The predicted molar refractivity (Wildman–Crippen MR) is 103 cm³/mol. The molecule has 28 heavy (non-hydrogen) atoms. The SMILES string of the molecule is OC1(CN2CCC(Oc3cccc4c3ccn4CC(F)F)CC2)CCOCC1. The van der Waals surface area contributed by atoms with E-state index in [-0.39, 0.29) is 12.6 Å². The van der Waals surface area contributed by atoms with Gasteiger partial charge in [-0.3, -0.25) is 0 Å². The molecule has 0 saturated carbocycles. The predicted octanol–water partition coefficient (Wildman–Crippen LogP) is 3.29. The average Bonchev–Trinajstić information content (AvgIpc) is 3.07. The third kappa shape index (κ3) is 4.47. The summed E-state index contributed by atoms with van der Waals surface area (Å²) < 4.78 is 38.7. The molecule has 4 rings (SSSR count). The number of aromatic nitrogens is 1. The molecule has 0 amide bonds. The fourth-order valence-corrected chi connectivity index (χ4v) is 4.30. The van der Waals surface area contributed by atoms with Gasteiger partial charge >= 0.3 is 0 Å². The summed E-state index contributed by atoms with van der Waals surface area (Å²) in [5.41, 5.74) is 0.141. The van der Waals surface area contributed by atoms with Gasteiger partial charge in [0.25, 0.3) is 6.43 Å². The molecule has 0 aliphatic carbocycles. The van der Waals surface area contributed by atoms with Gasteiger partial charge < -0.3 is 24.0 Å². The molecule has 7 heteroatoms. The number of aliphatic hydroxyl groups is 1. The van der Waals surface area contributed by atoms with Gasteiger partial charge in [-0.2, -0.15) is 0 Å². The van der Waals surface area contributed by atoms with Gasteiger partial charge in [0.1, 0.15) is 11.9 Å². The summed E-state index contributed by atoms with van der Waals surface area (Å²) in [6.45, 7) is 3.41. The Balaban J connectivity index is 1.35. The molecule has 154 valence electrons. The molecule has 2 aliphatic heterocycles. The van der Waals surface area contributed by atoms with Gasteiger partial charge in [-0.05, 0) is 31.0 Å². The summed E-state index contributed by atoms with van der Waals surface area (Å²) in [6, 6.07) is 7.46. The lowest BCUT2D eigenvalue weighted by Crippen LogP contribution is -2.50. The topological polar surface area (TPSA) is 46.9 Å². The van der Waals surface area contributed by atoms with Gasteiger partial charge in [0.05, 0.1) is 17.7 Å². The summed E-state index contributed by atoms with van der Waals surface area (Å²) in [5.74, 6) is 0.757. The van der Waals surface area contributed by atoms with Gasteiger partial charge in [0, 0.05) is 57.3 Å². The normalized spacial score (nSPS) is 21.4. The van der Waals surface area contributed by atoms with Crippen LogP contribution in [0, 0.1) is 0 Å². The van der Waals surface area contributed by atoms with Gasteiger partial charge in [-0.15, -0.1) is 0 Å². The second kappa shape index (κ2) is 8.35. The molecule has 2 saturated heterocycles. The maximum absolute atomic E-state index is 12.7. The molecule has 0 atom stereocenters. The monoisotopic (exact) mass is 394 g/mol. The van der Waals surface area contributed by atoms with Crippen molar-refractivity contribution in [1.29, 1.82) is 0 Å². The van der Waals surface area contributed by atoms with Crippen molar-refractivity contribution in [2.75, 3.05) is 32.8 Å². The molecule has 1 N–H and O–H groups in total. The lowest BCUT2D eigenvalue weighted by molar-refractivity contribution is -0.0844. The molecule has 0 radical (unpaired) electrons. The Morgan fingerprint density at radius 2 is 1.93 bits per heavy atom. The van der Waals surface area contributed by atoms with Crippen molar-refractivity contribution in [2.24, 2.45) is 0 Å². The highest BCUT2D eigenvalue weighted by atomic mass is 19.3. The first-order valence-electron chi connectivity index (χ1n) is 10.1. The number of alkyl halides is 2. The van der Waals surface area contributed by atoms with Crippen molar-refractivity contribution in [2.45, 2.75) is 50.4 Å². The van der Waals surface area contributed by atoms with E-state index in [1.165, 1.54) is 0 Å². The Morgan fingerprint density at radius 3 is 2.64 bits per heavy atom. The third-order valence-corrected chi connectivity index (χ3v) is 5.88. The van der Waals surface area contributed by atoms with Crippen LogP contribution in [0.25, 0.3) is 10.9 Å². The Morgan fingerprint density at radius 1 is 1.18 bits per heavy atom. The molecule has 1 aromatic heterocycles. The highest BCUT2D eigenvalue weighted by Gasteiger charge is 2.33. The van der Waals surface area contributed by atoms with Gasteiger partial charge in [-0.1, -0.05) is 6.07 Å². The third-order valence-electron chi connectivity index (χ3n) is 5.88. The zero-order valence-corrected chi connectivity index (χ0v) is 16.0. The first kappa shape index (κ1) is 19.6. The Kier molecular flexibility index (Phi) is 5.85. The minimum atomic E-state index is -2.38. The van der Waals surface area contributed by atoms with Crippen LogP contribution in [-0.2, 0) is 11.3 Å². The van der Waals surface area contributed by atoms with Crippen LogP contribution in [0.2, 0.25) is 0 Å². The number of halogens is 2. The minimum Gasteiger partial charge on any atom is -0.490 e. The van der Waals surface area contributed by atoms with E-state index in [4.69, 9.17) is 9.47 Å². The van der Waals surface area contributed by atoms with E-state index in [1.807, 2.05) is 24.3 Å². The van der Waals surface area contributed by atoms with Crippen molar-refractivity contribution in [3.63, 3.8) is 0 Å². The van der Waals surface area contributed by atoms with Gasteiger partial charge in [-0.25, -0.2) is 8.78 Å². The van der Waals surface area contributed by atoms with Crippen LogP contribution in [0.15, 0.2) is 30.5 Å². The summed E-state index contributed by atoms with van der Waals surface area (Å²) >= 11 is 0. The number of nitrogens with zero attached hydrogens (tertiary/aromatic N) is 2. The molecular formula is C21H28F2N2O3. The zero-order chi connectivity index (χ0) is 19.6. The van der Waals surface area contributed by atoms with E-state index in [0.717, 1.165) is 42.6 Å². The molecular weight excluding hydrogens is 366 g/mol. The van der Waals surface area contributed by atoms with E-state index >= 15 is 0 Å². The Labute approximate surface area is 163 Å². The number of piperidine rings is 1. The van der Waals surface area contributed by atoms with Crippen LogP contribution in [-0.4, -0.2) is 65.6 Å². The second-order valence-electron chi connectivity index (χ2n) is 7.98. The van der Waals surface area contributed by atoms with Crippen molar-refractivity contribution >= 4 is 10.9 Å². The number of fused-ring (bicyclic) bond motifs is 1. The summed E-state index contributed by atoms with van der Waals surface area (Å²) in [6.07, 6.45) is 2.59. The number of likely N-dealkylation sites (tertiary alicyclic amines) is 1. The number of rotatable bonds is 6. The standard InChI is InChI=1S/C21H28F2N2O3/c22-20(23)14-25-11-6-17-18(25)2-1-3-19(17)28-16-4-9-24(10-5-16)15-21(26)7-12-27-13-8-21/h1-3,6,11,16,20,26H,4-5,7-10,12-15H2. The van der Waals surface area contributed by atoms with E-state index < -0.39 is 12.0 Å². The molecule has 0 spiro atoms. The number of hydrogen-bond donors (Lipinski definition) is 1. The number of β-amino-alcohol motifs (C(OH)–C–C–N with tert-alkyl or cyclic N) is 1. The largest absolute Gasteiger partial charge is 0.490 e. The highest BCUT2D eigenvalue weighted by molar-refractivity contribution is 5.86.